The van der Waals surface area contributed by atoms with Gasteiger partial charge in [0, 0.05) is 25.3 Å². The molecule has 0 aliphatic heterocycles. The third-order valence-corrected chi connectivity index (χ3v) is 3.72. The van der Waals surface area contributed by atoms with Crippen LogP contribution in [0.2, 0.25) is 0 Å². The van der Waals surface area contributed by atoms with Gasteiger partial charge in [-0.3, -0.25) is 0 Å². The van der Waals surface area contributed by atoms with Crippen LogP contribution in [-0.4, -0.2) is 19.6 Å². The van der Waals surface area contributed by atoms with Gasteiger partial charge in [-0.1, -0.05) is 38.0 Å². The predicted octanol–water partition coefficient (Wildman–Crippen LogP) is 4.12. The highest BCUT2D eigenvalue weighted by Crippen LogP contribution is 2.24. The summed E-state index contributed by atoms with van der Waals surface area (Å²) in [6.07, 6.45) is 3.66. The summed E-state index contributed by atoms with van der Waals surface area (Å²) >= 11 is 0. The minimum absolute atomic E-state index is 0.595. The van der Waals surface area contributed by atoms with E-state index in [4.69, 9.17) is 0 Å². The fourth-order valence-corrected chi connectivity index (χ4v) is 2.45. The van der Waals surface area contributed by atoms with E-state index in [0.29, 0.717) is 6.04 Å². The molecule has 2 heteroatoms. The lowest BCUT2D eigenvalue weighted by molar-refractivity contribution is 0.610. The van der Waals surface area contributed by atoms with Crippen molar-refractivity contribution in [1.29, 1.82) is 0 Å². The smallest absolute Gasteiger partial charge is 0.0411 e. The van der Waals surface area contributed by atoms with Crippen LogP contribution in [0, 0.1) is 6.92 Å². The van der Waals surface area contributed by atoms with Crippen LogP contribution >= 0.6 is 0 Å². The number of hydrogen-bond donors (Lipinski definition) is 1. The third-order valence-electron chi connectivity index (χ3n) is 3.72. The third kappa shape index (κ3) is 4.87. The van der Waals surface area contributed by atoms with Gasteiger partial charge in [0.25, 0.3) is 0 Å². The molecule has 1 unspecified atom stereocenters. The Morgan fingerprint density at radius 3 is 2.58 bits per heavy atom. The second-order valence-corrected chi connectivity index (χ2v) is 5.56. The summed E-state index contributed by atoms with van der Waals surface area (Å²) in [4.78, 5) is 2.42. The molecular weight excluding hydrogens is 232 g/mol. The Balaban J connectivity index is 2.85. The summed E-state index contributed by atoms with van der Waals surface area (Å²) in [7, 11) is 2.22. The molecule has 1 aromatic carbocycles. The van der Waals surface area contributed by atoms with E-state index in [-0.39, 0.29) is 0 Å². The molecule has 0 spiro atoms. The number of nitrogens with one attached hydrogen (secondary N) is 1. The number of benzene rings is 1. The normalized spacial score (nSPS) is 12.5. The van der Waals surface area contributed by atoms with Crippen molar-refractivity contribution in [3.63, 3.8) is 0 Å². The topological polar surface area (TPSA) is 15.3 Å². The van der Waals surface area contributed by atoms with E-state index < -0.39 is 0 Å². The van der Waals surface area contributed by atoms with Crippen molar-refractivity contribution in [2.24, 2.45) is 0 Å². The standard InChI is InChI=1S/C17H30N2/c1-6-8-15(4)19(5)17-10-9-14(3)12-16(17)13-18-11-7-2/h9-10,12,15,18H,6-8,11,13H2,1-5H3. The van der Waals surface area contributed by atoms with Gasteiger partial charge in [-0.15, -0.1) is 0 Å². The Morgan fingerprint density at radius 1 is 1.21 bits per heavy atom. The van der Waals surface area contributed by atoms with Gasteiger partial charge >= 0.3 is 0 Å². The summed E-state index contributed by atoms with van der Waals surface area (Å²) in [5, 5.41) is 3.52. The molecule has 1 rings (SSSR count). The molecule has 0 saturated heterocycles. The molecule has 1 aromatic rings. The van der Waals surface area contributed by atoms with Gasteiger partial charge in [0.2, 0.25) is 0 Å². The van der Waals surface area contributed by atoms with E-state index in [9.17, 15) is 0 Å². The Labute approximate surface area is 119 Å². The second-order valence-electron chi connectivity index (χ2n) is 5.56. The molecular formula is C17H30N2. The van der Waals surface area contributed by atoms with Crippen LogP contribution in [0.15, 0.2) is 18.2 Å². The molecule has 0 radical (unpaired) electrons. The Bertz CT molecular complexity index is 374. The van der Waals surface area contributed by atoms with Crippen LogP contribution in [0.1, 0.15) is 51.2 Å². The van der Waals surface area contributed by atoms with Crippen LogP contribution < -0.4 is 10.2 Å². The zero-order valence-corrected chi connectivity index (χ0v) is 13.3. The first-order valence-corrected chi connectivity index (χ1v) is 7.63. The molecule has 19 heavy (non-hydrogen) atoms. The average molecular weight is 262 g/mol. The number of anilines is 1. The van der Waals surface area contributed by atoms with Gasteiger partial charge in [-0.25, -0.2) is 0 Å². The van der Waals surface area contributed by atoms with Crippen LogP contribution in [0.5, 0.6) is 0 Å². The molecule has 0 fully saturated rings. The monoisotopic (exact) mass is 262 g/mol. The van der Waals surface area contributed by atoms with Crippen molar-refractivity contribution in [2.45, 2.75) is 59.5 Å². The fraction of sp³-hybridized carbons (Fsp3) is 0.647. The van der Waals surface area contributed by atoms with Crippen LogP contribution in [0.3, 0.4) is 0 Å². The van der Waals surface area contributed by atoms with Crippen LogP contribution in [0.4, 0.5) is 5.69 Å². The molecule has 2 nitrogen and oxygen atoms in total. The summed E-state index contributed by atoms with van der Waals surface area (Å²) in [5.74, 6) is 0. The largest absolute Gasteiger partial charge is 0.372 e. The lowest BCUT2D eigenvalue weighted by Gasteiger charge is -2.29. The fourth-order valence-electron chi connectivity index (χ4n) is 2.45. The van der Waals surface area contributed by atoms with Crippen molar-refractivity contribution < 1.29 is 0 Å². The summed E-state index contributed by atoms with van der Waals surface area (Å²) in [5.41, 5.74) is 4.13. The molecule has 0 amide bonds. The molecule has 1 atom stereocenters. The summed E-state index contributed by atoms with van der Waals surface area (Å²) in [6, 6.07) is 7.39. The number of hydrogen-bond acceptors (Lipinski definition) is 2. The van der Waals surface area contributed by atoms with Crippen molar-refractivity contribution in [3.8, 4) is 0 Å². The average Bonchev–Trinajstić information content (AvgIpc) is 2.39. The molecule has 0 aliphatic carbocycles. The van der Waals surface area contributed by atoms with Crippen molar-refractivity contribution >= 4 is 5.69 Å². The van der Waals surface area contributed by atoms with Gasteiger partial charge < -0.3 is 10.2 Å². The number of nitrogens with zero attached hydrogens (tertiary/aromatic N) is 1. The van der Waals surface area contributed by atoms with Gasteiger partial charge in [-0.2, -0.15) is 0 Å². The number of rotatable bonds is 8. The van der Waals surface area contributed by atoms with Crippen molar-refractivity contribution in [3.05, 3.63) is 29.3 Å². The van der Waals surface area contributed by atoms with E-state index in [2.05, 4.69) is 63.2 Å². The first-order chi connectivity index (χ1) is 9.10. The Hall–Kier alpha value is -1.02. The zero-order valence-electron chi connectivity index (χ0n) is 13.3. The molecule has 0 aliphatic rings. The maximum atomic E-state index is 3.52. The highest BCUT2D eigenvalue weighted by atomic mass is 15.1. The quantitative estimate of drug-likeness (QED) is 0.709. The van der Waals surface area contributed by atoms with Crippen LogP contribution in [0.25, 0.3) is 0 Å². The Kier molecular flexibility index (Phi) is 6.93. The molecule has 0 aromatic heterocycles. The molecule has 0 saturated carbocycles. The van der Waals surface area contributed by atoms with Crippen LogP contribution in [-0.2, 0) is 6.54 Å². The van der Waals surface area contributed by atoms with E-state index in [0.717, 1.165) is 13.1 Å². The molecule has 0 heterocycles. The summed E-state index contributed by atoms with van der Waals surface area (Å²) in [6.45, 7) is 11.0. The van der Waals surface area contributed by atoms with Gasteiger partial charge in [0.15, 0.2) is 0 Å². The van der Waals surface area contributed by atoms with Gasteiger partial charge in [0.05, 0.1) is 0 Å². The predicted molar refractivity (Wildman–Crippen MR) is 85.9 cm³/mol. The van der Waals surface area contributed by atoms with Gasteiger partial charge in [0.1, 0.15) is 0 Å². The van der Waals surface area contributed by atoms with E-state index in [1.54, 1.807) is 0 Å². The maximum Gasteiger partial charge on any atom is 0.0411 e. The SMILES string of the molecule is CCCNCc1cc(C)ccc1N(C)C(C)CCC. The molecule has 0 bridgehead atoms. The minimum Gasteiger partial charge on any atom is -0.372 e. The first-order valence-electron chi connectivity index (χ1n) is 7.63. The maximum absolute atomic E-state index is 3.52. The van der Waals surface area contributed by atoms with E-state index in [1.165, 1.54) is 36.1 Å². The summed E-state index contributed by atoms with van der Waals surface area (Å²) < 4.78 is 0. The minimum atomic E-state index is 0.595. The van der Waals surface area contributed by atoms with E-state index >= 15 is 0 Å². The second kappa shape index (κ2) is 8.21. The van der Waals surface area contributed by atoms with Gasteiger partial charge in [-0.05, 0) is 44.9 Å². The molecule has 1 N–H and O–H groups in total. The first kappa shape index (κ1) is 16.0. The lowest BCUT2D eigenvalue weighted by atomic mass is 10.1. The van der Waals surface area contributed by atoms with Crippen molar-refractivity contribution in [1.82, 2.24) is 5.32 Å². The van der Waals surface area contributed by atoms with E-state index in [1.807, 2.05) is 0 Å². The zero-order chi connectivity index (χ0) is 14.3. The highest BCUT2D eigenvalue weighted by Gasteiger charge is 2.12. The lowest BCUT2D eigenvalue weighted by Crippen LogP contribution is -2.30. The Morgan fingerprint density at radius 2 is 1.95 bits per heavy atom. The molecule has 108 valence electrons. The number of aryl methyl sites for hydroxylation is 1. The highest BCUT2D eigenvalue weighted by molar-refractivity contribution is 5.55. The van der Waals surface area contributed by atoms with Crippen molar-refractivity contribution in [2.75, 3.05) is 18.5 Å².